The number of carbonyl (C=O) groups is 2. The fourth-order valence-electron chi connectivity index (χ4n) is 1.72. The van der Waals surface area contributed by atoms with Crippen molar-refractivity contribution in [1.82, 2.24) is 4.90 Å². The maximum atomic E-state index is 12.0. The van der Waals surface area contributed by atoms with Gasteiger partial charge in [-0.25, -0.2) is 9.59 Å². The first-order chi connectivity index (χ1) is 9.11. The summed E-state index contributed by atoms with van der Waals surface area (Å²) in [6, 6.07) is 5.97. The van der Waals surface area contributed by atoms with Crippen molar-refractivity contribution in [2.45, 2.75) is 39.3 Å². The van der Waals surface area contributed by atoms with E-state index in [9.17, 15) is 14.7 Å². The number of carboxylic acid groups (broad SMARTS) is 1. The number of likely N-dealkylation sites (N-methyl/N-ethyl adjacent to an activating group) is 1. The van der Waals surface area contributed by atoms with Crippen LogP contribution < -0.4 is 0 Å². The summed E-state index contributed by atoms with van der Waals surface area (Å²) in [4.78, 5) is 24.5. The Hall–Kier alpha value is -2.04. The van der Waals surface area contributed by atoms with Crippen LogP contribution in [0.2, 0.25) is 0 Å². The molecule has 0 saturated carbocycles. The Kier molecular flexibility index (Phi) is 4.76. The smallest absolute Gasteiger partial charge is 0.411 e. The monoisotopic (exact) mass is 279 g/mol. The predicted octanol–water partition coefficient (Wildman–Crippen LogP) is 2.99. The van der Waals surface area contributed by atoms with E-state index in [4.69, 9.17) is 4.74 Å². The minimum Gasteiger partial charge on any atom is -0.479 e. The molecule has 5 nitrogen and oxygen atoms in total. The largest absolute Gasteiger partial charge is 0.479 e. The van der Waals surface area contributed by atoms with Gasteiger partial charge in [-0.2, -0.15) is 0 Å². The number of hydrogen-bond acceptors (Lipinski definition) is 3. The number of rotatable bonds is 3. The zero-order valence-electron chi connectivity index (χ0n) is 12.5. The van der Waals surface area contributed by atoms with Gasteiger partial charge in [0.1, 0.15) is 5.60 Å². The molecule has 5 heteroatoms. The Balaban J connectivity index is 2.99. The molecule has 0 spiro atoms. The molecule has 110 valence electrons. The third-order valence-corrected chi connectivity index (χ3v) is 2.70. The topological polar surface area (TPSA) is 66.8 Å². The lowest BCUT2D eigenvalue weighted by Gasteiger charge is -2.28. The van der Waals surface area contributed by atoms with Crippen molar-refractivity contribution < 1.29 is 19.4 Å². The van der Waals surface area contributed by atoms with E-state index < -0.39 is 23.7 Å². The van der Waals surface area contributed by atoms with Crippen LogP contribution >= 0.6 is 0 Å². The highest BCUT2D eigenvalue weighted by molar-refractivity contribution is 5.81. The molecule has 1 aromatic carbocycles. The summed E-state index contributed by atoms with van der Waals surface area (Å²) in [7, 11) is 1.42. The zero-order chi connectivity index (χ0) is 15.5. The fraction of sp³-hybridized carbons (Fsp3) is 0.467. The Morgan fingerprint density at radius 3 is 2.10 bits per heavy atom. The number of nitrogens with zero attached hydrogens (tertiary/aromatic N) is 1. The van der Waals surface area contributed by atoms with Gasteiger partial charge in [-0.3, -0.25) is 4.90 Å². The van der Waals surface area contributed by atoms with Crippen molar-refractivity contribution in [2.24, 2.45) is 0 Å². The SMILES string of the molecule is Cc1ccc(C(C(=O)O)N(C)C(=O)OC(C)(C)C)cc1. The predicted molar refractivity (Wildman–Crippen MR) is 75.6 cm³/mol. The van der Waals surface area contributed by atoms with Gasteiger partial charge < -0.3 is 9.84 Å². The molecule has 0 fully saturated rings. The maximum Gasteiger partial charge on any atom is 0.411 e. The van der Waals surface area contributed by atoms with Gasteiger partial charge in [0.05, 0.1) is 0 Å². The molecule has 1 amide bonds. The first kappa shape index (κ1) is 16.0. The van der Waals surface area contributed by atoms with E-state index in [0.29, 0.717) is 5.56 Å². The molecule has 0 saturated heterocycles. The third kappa shape index (κ3) is 4.26. The van der Waals surface area contributed by atoms with E-state index >= 15 is 0 Å². The van der Waals surface area contributed by atoms with Crippen LogP contribution in [0, 0.1) is 6.92 Å². The van der Waals surface area contributed by atoms with Crippen molar-refractivity contribution in [2.75, 3.05) is 7.05 Å². The van der Waals surface area contributed by atoms with Gasteiger partial charge in [-0.1, -0.05) is 29.8 Å². The molecule has 0 radical (unpaired) electrons. The van der Waals surface area contributed by atoms with E-state index in [2.05, 4.69) is 0 Å². The summed E-state index contributed by atoms with van der Waals surface area (Å²) in [6.45, 7) is 7.12. The molecule has 1 rings (SSSR count). The van der Waals surface area contributed by atoms with Crippen LogP contribution in [-0.4, -0.2) is 34.7 Å². The molecule has 1 atom stereocenters. The van der Waals surface area contributed by atoms with Gasteiger partial charge in [-0.05, 0) is 33.3 Å². The van der Waals surface area contributed by atoms with Crippen LogP contribution in [0.15, 0.2) is 24.3 Å². The van der Waals surface area contributed by atoms with Crippen molar-refractivity contribution in [3.63, 3.8) is 0 Å². The van der Waals surface area contributed by atoms with E-state index in [-0.39, 0.29) is 0 Å². The van der Waals surface area contributed by atoms with Gasteiger partial charge in [0.25, 0.3) is 0 Å². The van der Waals surface area contributed by atoms with Crippen LogP contribution in [0.25, 0.3) is 0 Å². The van der Waals surface area contributed by atoms with Crippen LogP contribution in [0.1, 0.15) is 37.9 Å². The third-order valence-electron chi connectivity index (χ3n) is 2.70. The lowest BCUT2D eigenvalue weighted by Crippen LogP contribution is -2.39. The van der Waals surface area contributed by atoms with Crippen LogP contribution in [0.4, 0.5) is 4.79 Å². The van der Waals surface area contributed by atoms with Crippen LogP contribution in [0.3, 0.4) is 0 Å². The van der Waals surface area contributed by atoms with Crippen molar-refractivity contribution in [3.8, 4) is 0 Å². The van der Waals surface area contributed by atoms with Gasteiger partial charge in [-0.15, -0.1) is 0 Å². The fourth-order valence-corrected chi connectivity index (χ4v) is 1.72. The number of amides is 1. The second-order valence-electron chi connectivity index (χ2n) is 5.74. The van der Waals surface area contributed by atoms with Crippen molar-refractivity contribution >= 4 is 12.1 Å². The summed E-state index contributed by atoms with van der Waals surface area (Å²) in [5.74, 6) is -1.10. The molecule has 1 N–H and O–H groups in total. The molecule has 1 unspecified atom stereocenters. The highest BCUT2D eigenvalue weighted by Gasteiger charge is 2.31. The van der Waals surface area contributed by atoms with E-state index in [1.165, 1.54) is 7.05 Å². The number of carboxylic acids is 1. The molecule has 1 aromatic rings. The number of ether oxygens (including phenoxy) is 1. The molecule has 0 aliphatic heterocycles. The molecule has 0 heterocycles. The summed E-state index contributed by atoms with van der Waals surface area (Å²) in [6.07, 6.45) is -0.662. The quantitative estimate of drug-likeness (QED) is 0.923. The molecule has 0 aliphatic rings. The van der Waals surface area contributed by atoms with E-state index in [0.717, 1.165) is 10.5 Å². The van der Waals surface area contributed by atoms with Crippen molar-refractivity contribution in [3.05, 3.63) is 35.4 Å². The highest BCUT2D eigenvalue weighted by atomic mass is 16.6. The molecule has 0 bridgehead atoms. The standard InChI is InChI=1S/C15H21NO4/c1-10-6-8-11(9-7-10)12(13(17)18)16(5)14(19)20-15(2,3)4/h6-9,12H,1-5H3,(H,17,18). The van der Waals surface area contributed by atoms with Crippen molar-refractivity contribution in [1.29, 1.82) is 0 Å². The number of carbonyl (C=O) groups excluding carboxylic acids is 1. The lowest BCUT2D eigenvalue weighted by molar-refractivity contribution is -0.142. The second kappa shape index (κ2) is 5.94. The number of aliphatic carboxylic acids is 1. The average molecular weight is 279 g/mol. The van der Waals surface area contributed by atoms with Crippen LogP contribution in [-0.2, 0) is 9.53 Å². The van der Waals surface area contributed by atoms with Gasteiger partial charge in [0.15, 0.2) is 6.04 Å². The Labute approximate surface area is 119 Å². The van der Waals surface area contributed by atoms with Gasteiger partial charge >= 0.3 is 12.1 Å². The zero-order valence-corrected chi connectivity index (χ0v) is 12.5. The van der Waals surface area contributed by atoms with E-state index in [1.54, 1.807) is 32.9 Å². The lowest BCUT2D eigenvalue weighted by atomic mass is 10.0. The normalized spacial score (nSPS) is 12.7. The molecule has 0 aliphatic carbocycles. The molecule has 0 aromatic heterocycles. The summed E-state index contributed by atoms with van der Waals surface area (Å²) < 4.78 is 5.20. The maximum absolute atomic E-state index is 12.0. The molecular weight excluding hydrogens is 258 g/mol. The minimum absolute atomic E-state index is 0.538. The number of hydrogen-bond donors (Lipinski definition) is 1. The Morgan fingerprint density at radius 2 is 1.70 bits per heavy atom. The Bertz CT molecular complexity index is 488. The first-order valence-electron chi connectivity index (χ1n) is 6.37. The van der Waals surface area contributed by atoms with Crippen LogP contribution in [0.5, 0.6) is 0 Å². The van der Waals surface area contributed by atoms with Gasteiger partial charge in [0, 0.05) is 7.05 Å². The summed E-state index contributed by atoms with van der Waals surface area (Å²) in [5.41, 5.74) is 0.899. The summed E-state index contributed by atoms with van der Waals surface area (Å²) >= 11 is 0. The highest BCUT2D eigenvalue weighted by Crippen LogP contribution is 2.22. The summed E-state index contributed by atoms with van der Waals surface area (Å²) in [5, 5.41) is 9.36. The minimum atomic E-state index is -1.10. The average Bonchev–Trinajstić information content (AvgIpc) is 2.29. The Morgan fingerprint density at radius 1 is 1.20 bits per heavy atom. The van der Waals surface area contributed by atoms with E-state index in [1.807, 2.05) is 19.1 Å². The molecular formula is C15H21NO4. The first-order valence-corrected chi connectivity index (χ1v) is 6.37. The number of aryl methyl sites for hydroxylation is 1. The molecule has 20 heavy (non-hydrogen) atoms. The number of benzene rings is 1. The van der Waals surface area contributed by atoms with Gasteiger partial charge in [0.2, 0.25) is 0 Å². The second-order valence-corrected chi connectivity index (χ2v) is 5.74.